The Morgan fingerprint density at radius 3 is 2.38 bits per heavy atom. The highest BCUT2D eigenvalue weighted by Crippen LogP contribution is 2.30. The van der Waals surface area contributed by atoms with Crippen LogP contribution in [-0.2, 0) is 0 Å². The number of nitrogens with zero attached hydrogens (tertiary/aromatic N) is 2. The van der Waals surface area contributed by atoms with Crippen molar-refractivity contribution in [3.05, 3.63) is 87.4 Å². The van der Waals surface area contributed by atoms with Gasteiger partial charge in [0, 0.05) is 16.7 Å². The van der Waals surface area contributed by atoms with Crippen LogP contribution in [0.4, 0.5) is 11.5 Å². The lowest BCUT2D eigenvalue weighted by Gasteiger charge is -2.18. The third kappa shape index (κ3) is 3.99. The Balaban J connectivity index is 1.95. The van der Waals surface area contributed by atoms with Crippen LogP contribution in [0.2, 0.25) is 5.02 Å². The lowest BCUT2D eigenvalue weighted by Crippen LogP contribution is -2.16. The summed E-state index contributed by atoms with van der Waals surface area (Å²) in [5.41, 5.74) is 1.68. The van der Waals surface area contributed by atoms with E-state index in [9.17, 15) is 15.2 Å². The Bertz CT molecular complexity index is 902. The molecule has 0 aliphatic rings. The van der Waals surface area contributed by atoms with Crippen LogP contribution in [0.15, 0.2) is 66.7 Å². The normalized spacial score (nSPS) is 11.8. The molecule has 3 aromatic rings. The standard InChI is InChI=1S/C19H16ClN3O3/c20-15-8-6-13(7-9-15)16(12-24)21-18-11-10-17(23(25)26)19(22-18)14-4-2-1-3-5-14/h1-11,16,24H,12H2,(H,21,22). The van der Waals surface area contributed by atoms with Crippen molar-refractivity contribution in [2.75, 3.05) is 11.9 Å². The van der Waals surface area contributed by atoms with Crippen LogP contribution in [0, 0.1) is 10.1 Å². The van der Waals surface area contributed by atoms with Gasteiger partial charge in [-0.05, 0) is 23.8 Å². The summed E-state index contributed by atoms with van der Waals surface area (Å²) in [6.45, 7) is -0.166. The van der Waals surface area contributed by atoms with E-state index in [0.29, 0.717) is 16.4 Å². The maximum absolute atomic E-state index is 11.3. The average molecular weight is 370 g/mol. The number of aromatic nitrogens is 1. The highest BCUT2D eigenvalue weighted by Gasteiger charge is 2.19. The molecule has 0 bridgehead atoms. The molecule has 1 unspecified atom stereocenters. The second-order valence-corrected chi connectivity index (χ2v) is 6.05. The number of hydrogen-bond donors (Lipinski definition) is 2. The van der Waals surface area contributed by atoms with Gasteiger partial charge in [0.2, 0.25) is 0 Å². The molecule has 1 aromatic heterocycles. The van der Waals surface area contributed by atoms with Crippen LogP contribution < -0.4 is 5.32 Å². The van der Waals surface area contributed by atoms with E-state index in [-0.39, 0.29) is 18.0 Å². The number of pyridine rings is 1. The molecule has 26 heavy (non-hydrogen) atoms. The largest absolute Gasteiger partial charge is 0.394 e. The van der Waals surface area contributed by atoms with Crippen LogP contribution in [0.1, 0.15) is 11.6 Å². The first-order valence-electron chi connectivity index (χ1n) is 7.92. The Morgan fingerprint density at radius 1 is 1.08 bits per heavy atom. The summed E-state index contributed by atoms with van der Waals surface area (Å²) in [6.07, 6.45) is 0. The number of hydrogen-bond acceptors (Lipinski definition) is 5. The first-order chi connectivity index (χ1) is 12.6. The molecule has 1 atom stereocenters. The second-order valence-electron chi connectivity index (χ2n) is 5.62. The Labute approximate surface area is 155 Å². The summed E-state index contributed by atoms with van der Waals surface area (Å²) in [4.78, 5) is 15.3. The fourth-order valence-electron chi connectivity index (χ4n) is 2.60. The number of aliphatic hydroxyl groups is 1. The van der Waals surface area contributed by atoms with Gasteiger partial charge in [-0.2, -0.15) is 0 Å². The lowest BCUT2D eigenvalue weighted by atomic mass is 10.1. The minimum Gasteiger partial charge on any atom is -0.394 e. The summed E-state index contributed by atoms with van der Waals surface area (Å²) in [5, 5.41) is 24.8. The molecule has 1 heterocycles. The number of aliphatic hydroxyl groups excluding tert-OH is 1. The van der Waals surface area contributed by atoms with E-state index in [1.54, 1.807) is 48.5 Å². The molecule has 0 aliphatic carbocycles. The zero-order valence-electron chi connectivity index (χ0n) is 13.7. The van der Waals surface area contributed by atoms with E-state index in [1.165, 1.54) is 12.1 Å². The maximum atomic E-state index is 11.3. The first-order valence-corrected chi connectivity index (χ1v) is 8.30. The van der Waals surface area contributed by atoms with Gasteiger partial charge < -0.3 is 10.4 Å². The van der Waals surface area contributed by atoms with E-state index in [1.807, 2.05) is 6.07 Å². The second kappa shape index (κ2) is 7.95. The summed E-state index contributed by atoms with van der Waals surface area (Å²) < 4.78 is 0. The van der Waals surface area contributed by atoms with Crippen molar-refractivity contribution in [2.45, 2.75) is 6.04 Å². The molecule has 3 rings (SSSR count). The molecule has 0 amide bonds. The van der Waals surface area contributed by atoms with Crippen molar-refractivity contribution in [3.63, 3.8) is 0 Å². The van der Waals surface area contributed by atoms with Crippen molar-refractivity contribution in [2.24, 2.45) is 0 Å². The summed E-state index contributed by atoms with van der Waals surface area (Å²) >= 11 is 5.90. The number of nitrogens with one attached hydrogen (secondary N) is 1. The van der Waals surface area contributed by atoms with E-state index in [2.05, 4.69) is 10.3 Å². The monoisotopic (exact) mass is 369 g/mol. The average Bonchev–Trinajstić information content (AvgIpc) is 2.67. The van der Waals surface area contributed by atoms with Gasteiger partial charge >= 0.3 is 0 Å². The van der Waals surface area contributed by atoms with Crippen molar-refractivity contribution < 1.29 is 10.0 Å². The molecule has 2 N–H and O–H groups in total. The molecular weight excluding hydrogens is 354 g/mol. The van der Waals surface area contributed by atoms with Crippen molar-refractivity contribution in [1.29, 1.82) is 0 Å². The predicted octanol–water partition coefficient (Wildman–Crippen LogP) is 4.46. The van der Waals surface area contributed by atoms with Gasteiger partial charge in [-0.15, -0.1) is 0 Å². The Kier molecular flexibility index (Phi) is 5.46. The number of benzene rings is 2. The van der Waals surface area contributed by atoms with Gasteiger partial charge in [-0.25, -0.2) is 4.98 Å². The highest BCUT2D eigenvalue weighted by molar-refractivity contribution is 6.30. The minimum absolute atomic E-state index is 0.0752. The molecule has 0 saturated carbocycles. The van der Waals surface area contributed by atoms with E-state index in [0.717, 1.165) is 5.56 Å². The zero-order valence-corrected chi connectivity index (χ0v) is 14.4. The van der Waals surface area contributed by atoms with Gasteiger partial charge in [0.15, 0.2) is 5.69 Å². The number of anilines is 1. The van der Waals surface area contributed by atoms with Gasteiger partial charge in [-0.1, -0.05) is 54.1 Å². The maximum Gasteiger partial charge on any atom is 0.295 e. The van der Waals surface area contributed by atoms with Crippen LogP contribution in [0.3, 0.4) is 0 Å². The SMILES string of the molecule is O=[N+]([O-])c1ccc(NC(CO)c2ccc(Cl)cc2)nc1-c1ccccc1. The molecule has 0 radical (unpaired) electrons. The summed E-state index contributed by atoms with van der Waals surface area (Å²) in [5.74, 6) is 0.434. The summed E-state index contributed by atoms with van der Waals surface area (Å²) in [7, 11) is 0. The molecule has 0 aliphatic heterocycles. The Hall–Kier alpha value is -2.96. The van der Waals surface area contributed by atoms with Gasteiger partial charge in [0.05, 0.1) is 17.6 Å². The van der Waals surface area contributed by atoms with Crippen molar-refractivity contribution >= 4 is 23.1 Å². The topological polar surface area (TPSA) is 88.3 Å². The van der Waals surface area contributed by atoms with E-state index in [4.69, 9.17) is 11.6 Å². The zero-order chi connectivity index (χ0) is 18.5. The summed E-state index contributed by atoms with van der Waals surface area (Å²) in [6, 6.07) is 18.6. The van der Waals surface area contributed by atoms with Crippen LogP contribution in [-0.4, -0.2) is 21.6 Å². The molecule has 2 aromatic carbocycles. The molecule has 6 nitrogen and oxygen atoms in total. The number of halogens is 1. The molecule has 0 saturated heterocycles. The lowest BCUT2D eigenvalue weighted by molar-refractivity contribution is -0.384. The third-order valence-electron chi connectivity index (χ3n) is 3.89. The minimum atomic E-state index is -0.457. The van der Waals surface area contributed by atoms with Gasteiger partial charge in [-0.3, -0.25) is 10.1 Å². The highest BCUT2D eigenvalue weighted by atomic mass is 35.5. The van der Waals surface area contributed by atoms with E-state index >= 15 is 0 Å². The predicted molar refractivity (Wildman–Crippen MR) is 101 cm³/mol. The van der Waals surface area contributed by atoms with Crippen molar-refractivity contribution in [3.8, 4) is 11.3 Å². The smallest absolute Gasteiger partial charge is 0.295 e. The third-order valence-corrected chi connectivity index (χ3v) is 4.15. The molecule has 7 heteroatoms. The molecule has 0 spiro atoms. The fraction of sp³-hybridized carbons (Fsp3) is 0.105. The molecule has 132 valence electrons. The van der Waals surface area contributed by atoms with Gasteiger partial charge in [0.25, 0.3) is 5.69 Å². The van der Waals surface area contributed by atoms with Crippen LogP contribution >= 0.6 is 11.6 Å². The fourth-order valence-corrected chi connectivity index (χ4v) is 2.72. The number of rotatable bonds is 6. The van der Waals surface area contributed by atoms with E-state index < -0.39 is 11.0 Å². The quantitative estimate of drug-likeness (QED) is 0.494. The molecular formula is C19H16ClN3O3. The Morgan fingerprint density at radius 2 is 1.77 bits per heavy atom. The van der Waals surface area contributed by atoms with Crippen LogP contribution in [0.25, 0.3) is 11.3 Å². The molecule has 0 fully saturated rings. The van der Waals surface area contributed by atoms with Crippen molar-refractivity contribution in [1.82, 2.24) is 4.98 Å². The van der Waals surface area contributed by atoms with Gasteiger partial charge in [0.1, 0.15) is 5.82 Å². The number of nitro groups is 1. The first kappa shape index (κ1) is 17.8. The van der Waals surface area contributed by atoms with Crippen LogP contribution in [0.5, 0.6) is 0 Å².